The summed E-state index contributed by atoms with van der Waals surface area (Å²) in [6, 6.07) is 7.66. The molecule has 0 unspecified atom stereocenters. The topological polar surface area (TPSA) is 75.7 Å². The van der Waals surface area contributed by atoms with Crippen LogP contribution in [0.4, 0.5) is 0 Å². The molecule has 0 radical (unpaired) electrons. The van der Waals surface area contributed by atoms with Crippen molar-refractivity contribution in [3.05, 3.63) is 29.8 Å². The van der Waals surface area contributed by atoms with Gasteiger partial charge in [-0.1, -0.05) is 32.0 Å². The van der Waals surface area contributed by atoms with E-state index in [1.165, 1.54) is 10.6 Å². The van der Waals surface area contributed by atoms with Crippen molar-refractivity contribution in [3.63, 3.8) is 0 Å². The van der Waals surface area contributed by atoms with Crippen molar-refractivity contribution in [1.82, 2.24) is 9.62 Å². The molecular formula is C17H28N2O4S. The minimum atomic E-state index is -3.29. The van der Waals surface area contributed by atoms with Gasteiger partial charge in [-0.2, -0.15) is 0 Å². The van der Waals surface area contributed by atoms with Crippen LogP contribution < -0.4 is 10.1 Å². The van der Waals surface area contributed by atoms with Crippen molar-refractivity contribution in [2.24, 2.45) is 5.92 Å². The quantitative estimate of drug-likeness (QED) is 0.692. The highest BCUT2D eigenvalue weighted by Gasteiger charge is 2.18. The Morgan fingerprint density at radius 3 is 2.54 bits per heavy atom. The first-order chi connectivity index (χ1) is 11.2. The number of benzene rings is 1. The van der Waals surface area contributed by atoms with E-state index in [0.717, 1.165) is 11.3 Å². The number of rotatable bonds is 10. The Morgan fingerprint density at radius 2 is 1.96 bits per heavy atom. The van der Waals surface area contributed by atoms with Crippen molar-refractivity contribution in [2.45, 2.75) is 26.7 Å². The predicted molar refractivity (Wildman–Crippen MR) is 95.6 cm³/mol. The second-order valence-corrected chi connectivity index (χ2v) is 8.16. The molecule has 0 fully saturated rings. The molecule has 0 saturated heterocycles. The Labute approximate surface area is 145 Å². The maximum atomic E-state index is 11.9. The third-order valence-corrected chi connectivity index (χ3v) is 4.80. The largest absolute Gasteiger partial charge is 0.496 e. The number of hydrogen-bond acceptors (Lipinski definition) is 4. The number of methoxy groups -OCH3 is 1. The highest BCUT2D eigenvalue weighted by Crippen LogP contribution is 2.17. The zero-order valence-electron chi connectivity index (χ0n) is 14.9. The summed E-state index contributed by atoms with van der Waals surface area (Å²) in [5.74, 6) is 0.863. The summed E-state index contributed by atoms with van der Waals surface area (Å²) in [6.07, 6.45) is 2.00. The second kappa shape index (κ2) is 9.64. The average molecular weight is 356 g/mol. The Balaban J connectivity index is 2.43. The van der Waals surface area contributed by atoms with Gasteiger partial charge in [0.15, 0.2) is 0 Å². The summed E-state index contributed by atoms with van der Waals surface area (Å²) >= 11 is 0. The monoisotopic (exact) mass is 356 g/mol. The number of sulfonamides is 1. The lowest BCUT2D eigenvalue weighted by molar-refractivity contribution is -0.121. The number of nitrogens with zero attached hydrogens (tertiary/aromatic N) is 1. The fraction of sp³-hybridized carbons (Fsp3) is 0.588. The highest BCUT2D eigenvalue weighted by atomic mass is 32.2. The van der Waals surface area contributed by atoms with Crippen LogP contribution in [0.3, 0.4) is 0 Å². The molecule has 0 aliphatic carbocycles. The normalized spacial score (nSPS) is 11.8. The second-order valence-electron chi connectivity index (χ2n) is 6.18. The Kier molecular flexibility index (Phi) is 8.21. The van der Waals surface area contributed by atoms with Crippen molar-refractivity contribution < 1.29 is 17.9 Å². The molecular weight excluding hydrogens is 328 g/mol. The molecule has 1 aromatic rings. The molecule has 0 saturated carbocycles. The fourth-order valence-corrected chi connectivity index (χ4v) is 3.35. The average Bonchev–Trinajstić information content (AvgIpc) is 2.50. The minimum Gasteiger partial charge on any atom is -0.496 e. The zero-order valence-corrected chi connectivity index (χ0v) is 15.7. The fourth-order valence-electron chi connectivity index (χ4n) is 2.36. The van der Waals surface area contributed by atoms with Crippen LogP contribution in [0.15, 0.2) is 24.3 Å². The van der Waals surface area contributed by atoms with Gasteiger partial charge in [-0.25, -0.2) is 12.7 Å². The number of carbonyl (C=O) groups is 1. The van der Waals surface area contributed by atoms with E-state index in [-0.39, 0.29) is 24.8 Å². The van der Waals surface area contributed by atoms with Crippen LogP contribution in [-0.4, -0.2) is 51.6 Å². The molecule has 0 bridgehead atoms. The van der Waals surface area contributed by atoms with Gasteiger partial charge >= 0.3 is 0 Å². The van der Waals surface area contributed by atoms with Crippen molar-refractivity contribution in [3.8, 4) is 5.75 Å². The molecule has 1 rings (SSSR count). The summed E-state index contributed by atoms with van der Waals surface area (Å²) in [5.41, 5.74) is 1.03. The van der Waals surface area contributed by atoms with Gasteiger partial charge in [-0.05, 0) is 24.0 Å². The Bertz CT molecular complexity index is 629. The summed E-state index contributed by atoms with van der Waals surface area (Å²) in [5, 5.41) is 2.83. The number of para-hydroxylation sites is 1. The Hall–Kier alpha value is -1.60. The van der Waals surface area contributed by atoms with Gasteiger partial charge in [-0.3, -0.25) is 4.79 Å². The van der Waals surface area contributed by atoms with E-state index in [2.05, 4.69) is 5.32 Å². The highest BCUT2D eigenvalue weighted by molar-refractivity contribution is 7.88. The molecule has 136 valence electrons. The molecule has 7 heteroatoms. The number of nitrogens with one attached hydrogen (secondary N) is 1. The Morgan fingerprint density at radius 1 is 1.29 bits per heavy atom. The van der Waals surface area contributed by atoms with Crippen LogP contribution >= 0.6 is 0 Å². The number of ether oxygens (including phenoxy) is 1. The lowest BCUT2D eigenvalue weighted by Crippen LogP contribution is -2.37. The molecule has 6 nitrogen and oxygen atoms in total. The van der Waals surface area contributed by atoms with Gasteiger partial charge in [0, 0.05) is 26.1 Å². The van der Waals surface area contributed by atoms with Crippen LogP contribution in [0.2, 0.25) is 0 Å². The van der Waals surface area contributed by atoms with Crippen molar-refractivity contribution in [2.75, 3.05) is 33.0 Å². The number of carbonyl (C=O) groups excluding carboxylic acids is 1. The summed E-state index contributed by atoms with van der Waals surface area (Å²) < 4.78 is 30.1. The van der Waals surface area contributed by atoms with Gasteiger partial charge in [0.2, 0.25) is 15.9 Å². The predicted octanol–water partition coefficient (Wildman–Crippen LogP) is 1.66. The van der Waals surface area contributed by atoms with Crippen LogP contribution in [0.25, 0.3) is 0 Å². The first kappa shape index (κ1) is 20.4. The molecule has 1 aromatic carbocycles. The number of amides is 1. The molecule has 0 aromatic heterocycles. The van der Waals surface area contributed by atoms with Crippen molar-refractivity contribution >= 4 is 15.9 Å². The van der Waals surface area contributed by atoms with Crippen LogP contribution in [0, 0.1) is 5.92 Å². The molecule has 1 amide bonds. The zero-order chi connectivity index (χ0) is 18.2. The lowest BCUT2D eigenvalue weighted by atomic mass is 10.1. The molecule has 0 aliphatic heterocycles. The van der Waals surface area contributed by atoms with E-state index < -0.39 is 10.0 Å². The van der Waals surface area contributed by atoms with Gasteiger partial charge in [-0.15, -0.1) is 0 Å². The maximum absolute atomic E-state index is 11.9. The third kappa shape index (κ3) is 7.31. The molecule has 0 spiro atoms. The summed E-state index contributed by atoms with van der Waals surface area (Å²) in [7, 11) is -1.67. The maximum Gasteiger partial charge on any atom is 0.221 e. The van der Waals surface area contributed by atoms with Gasteiger partial charge < -0.3 is 10.1 Å². The first-order valence-corrected chi connectivity index (χ1v) is 9.92. The van der Waals surface area contributed by atoms with Crippen LogP contribution in [0.5, 0.6) is 5.75 Å². The molecule has 1 N–H and O–H groups in total. The van der Waals surface area contributed by atoms with E-state index in [4.69, 9.17) is 4.74 Å². The van der Waals surface area contributed by atoms with E-state index in [1.807, 2.05) is 38.1 Å². The van der Waals surface area contributed by atoms with Gasteiger partial charge in [0.1, 0.15) is 5.75 Å². The summed E-state index contributed by atoms with van der Waals surface area (Å²) in [6.45, 7) is 5.02. The molecule has 0 atom stereocenters. The molecule has 0 aliphatic rings. The van der Waals surface area contributed by atoms with E-state index in [9.17, 15) is 13.2 Å². The van der Waals surface area contributed by atoms with Gasteiger partial charge in [0.05, 0.1) is 13.4 Å². The lowest BCUT2D eigenvalue weighted by Gasteiger charge is -2.21. The summed E-state index contributed by atoms with van der Waals surface area (Å²) in [4.78, 5) is 11.9. The van der Waals surface area contributed by atoms with Crippen molar-refractivity contribution in [1.29, 1.82) is 0 Å². The first-order valence-electron chi connectivity index (χ1n) is 8.07. The minimum absolute atomic E-state index is 0.151. The van der Waals surface area contributed by atoms with Crippen LogP contribution in [-0.2, 0) is 21.2 Å². The third-order valence-electron chi connectivity index (χ3n) is 3.54. The van der Waals surface area contributed by atoms with E-state index in [1.54, 1.807) is 7.11 Å². The molecule has 24 heavy (non-hydrogen) atoms. The molecule has 0 heterocycles. The van der Waals surface area contributed by atoms with Gasteiger partial charge in [0.25, 0.3) is 0 Å². The van der Waals surface area contributed by atoms with E-state index >= 15 is 0 Å². The smallest absolute Gasteiger partial charge is 0.221 e. The van der Waals surface area contributed by atoms with Crippen LogP contribution in [0.1, 0.15) is 25.8 Å². The standard InChI is InChI=1S/C17H28N2O4S/c1-14(2)13-19(24(4,21)22)12-10-17(20)18-11-9-15-7-5-6-8-16(15)23-3/h5-8,14H,9-13H2,1-4H3,(H,18,20). The SMILES string of the molecule is COc1ccccc1CCNC(=O)CCN(CC(C)C)S(C)(=O)=O. The van der Waals surface area contributed by atoms with E-state index in [0.29, 0.717) is 19.5 Å². The number of hydrogen-bond donors (Lipinski definition) is 1.